The minimum atomic E-state index is 0. The number of hydrogen-bond donors (Lipinski definition) is 2. The Morgan fingerprint density at radius 2 is 2.07 bits per heavy atom. The zero-order valence-corrected chi connectivity index (χ0v) is 20.1. The van der Waals surface area contributed by atoms with Crippen LogP contribution in [0, 0.1) is 12.8 Å². The summed E-state index contributed by atoms with van der Waals surface area (Å²) in [5, 5.41) is 6.67. The fraction of sp³-hybridized carbons (Fsp3) is 0.455. The number of benzene rings is 1. The number of guanidine groups is 1. The van der Waals surface area contributed by atoms with Crippen molar-refractivity contribution in [2.75, 3.05) is 34.0 Å². The van der Waals surface area contributed by atoms with Crippen LogP contribution < -0.4 is 20.1 Å². The fourth-order valence-electron chi connectivity index (χ4n) is 3.12. The first-order valence-electron chi connectivity index (χ1n) is 9.91. The summed E-state index contributed by atoms with van der Waals surface area (Å²) in [6.45, 7) is 5.63. The lowest BCUT2D eigenvalue weighted by Crippen LogP contribution is -2.36. The lowest BCUT2D eigenvalue weighted by atomic mass is 10.1. The third kappa shape index (κ3) is 7.32. The van der Waals surface area contributed by atoms with E-state index < -0.39 is 0 Å². The van der Waals surface area contributed by atoms with Crippen LogP contribution >= 0.6 is 24.0 Å². The molecular weight excluding hydrogens is 495 g/mol. The largest absolute Gasteiger partial charge is 0.493 e. The van der Waals surface area contributed by atoms with Gasteiger partial charge >= 0.3 is 0 Å². The number of aryl methyl sites for hydroxylation is 1. The maximum absolute atomic E-state index is 6.12. The predicted molar refractivity (Wildman–Crippen MR) is 129 cm³/mol. The molecule has 8 heteroatoms. The Kier molecular flexibility index (Phi) is 10.2. The third-order valence-electron chi connectivity index (χ3n) is 4.86. The molecule has 1 aliphatic heterocycles. The number of nitrogens with zero attached hydrogens (tertiary/aromatic N) is 2. The Bertz CT molecular complexity index is 826. The van der Waals surface area contributed by atoms with Gasteiger partial charge < -0.3 is 24.8 Å². The molecule has 1 aromatic carbocycles. The normalized spacial score (nSPS) is 16.0. The van der Waals surface area contributed by atoms with Crippen LogP contribution in [0.2, 0.25) is 0 Å². The van der Waals surface area contributed by atoms with Crippen LogP contribution in [0.1, 0.15) is 23.1 Å². The molecule has 0 spiro atoms. The van der Waals surface area contributed by atoms with Gasteiger partial charge in [0.05, 0.1) is 20.3 Å². The predicted octanol–water partition coefficient (Wildman–Crippen LogP) is 3.30. The molecule has 7 nitrogen and oxygen atoms in total. The number of aliphatic imine (C=N–C) groups is 1. The van der Waals surface area contributed by atoms with Gasteiger partial charge in [0.15, 0.2) is 5.96 Å². The van der Waals surface area contributed by atoms with Crippen molar-refractivity contribution < 1.29 is 14.2 Å². The Balaban J connectivity index is 0.00000320. The molecule has 1 unspecified atom stereocenters. The zero-order chi connectivity index (χ0) is 20.5. The zero-order valence-electron chi connectivity index (χ0n) is 17.8. The van der Waals surface area contributed by atoms with Crippen molar-refractivity contribution in [3.05, 3.63) is 53.2 Å². The average Bonchev–Trinajstić information content (AvgIpc) is 3.27. The fourth-order valence-corrected chi connectivity index (χ4v) is 3.12. The smallest absolute Gasteiger partial charge is 0.213 e. The van der Waals surface area contributed by atoms with E-state index in [-0.39, 0.29) is 24.0 Å². The molecular formula is C22H31IN4O3. The van der Waals surface area contributed by atoms with Gasteiger partial charge in [-0.25, -0.2) is 4.98 Å². The summed E-state index contributed by atoms with van der Waals surface area (Å²) in [7, 11) is 3.37. The van der Waals surface area contributed by atoms with Gasteiger partial charge in [-0.2, -0.15) is 0 Å². The number of nitrogens with one attached hydrogen (secondary N) is 2. The van der Waals surface area contributed by atoms with E-state index in [1.54, 1.807) is 20.4 Å². The number of aromatic nitrogens is 1. The Labute approximate surface area is 195 Å². The monoisotopic (exact) mass is 526 g/mol. The van der Waals surface area contributed by atoms with Crippen LogP contribution in [0.5, 0.6) is 11.6 Å². The first kappa shape index (κ1) is 24.2. The van der Waals surface area contributed by atoms with Gasteiger partial charge in [-0.1, -0.05) is 12.1 Å². The number of hydrogen-bond acceptors (Lipinski definition) is 5. The van der Waals surface area contributed by atoms with E-state index in [1.807, 2.05) is 12.1 Å². The number of methoxy groups -OCH3 is 1. The van der Waals surface area contributed by atoms with Crippen molar-refractivity contribution >= 4 is 29.9 Å². The summed E-state index contributed by atoms with van der Waals surface area (Å²) in [6.07, 6.45) is 2.80. The maximum Gasteiger partial charge on any atom is 0.213 e. The molecule has 3 rings (SSSR count). The Morgan fingerprint density at radius 3 is 2.80 bits per heavy atom. The second-order valence-electron chi connectivity index (χ2n) is 7.14. The van der Waals surface area contributed by atoms with Gasteiger partial charge in [-0.3, -0.25) is 4.99 Å². The minimum Gasteiger partial charge on any atom is -0.493 e. The number of pyridine rings is 1. The van der Waals surface area contributed by atoms with Gasteiger partial charge in [0, 0.05) is 50.5 Å². The van der Waals surface area contributed by atoms with Crippen molar-refractivity contribution in [2.45, 2.75) is 26.4 Å². The van der Waals surface area contributed by atoms with Gasteiger partial charge in [-0.05, 0) is 36.6 Å². The molecule has 1 saturated heterocycles. The summed E-state index contributed by atoms with van der Waals surface area (Å²) < 4.78 is 16.7. The molecule has 0 amide bonds. The molecule has 1 fully saturated rings. The molecule has 30 heavy (non-hydrogen) atoms. The van der Waals surface area contributed by atoms with E-state index in [9.17, 15) is 0 Å². The van der Waals surface area contributed by atoms with Crippen molar-refractivity contribution in [3.8, 4) is 11.6 Å². The molecule has 2 N–H and O–H groups in total. The minimum absolute atomic E-state index is 0. The summed E-state index contributed by atoms with van der Waals surface area (Å²) in [5.74, 6) is 2.71. The first-order valence-corrected chi connectivity index (χ1v) is 9.91. The Hall–Kier alpha value is -2.07. The molecule has 1 aromatic heterocycles. The molecule has 2 aromatic rings. The molecule has 1 atom stereocenters. The summed E-state index contributed by atoms with van der Waals surface area (Å²) in [4.78, 5) is 8.43. The molecule has 1 aliphatic rings. The van der Waals surface area contributed by atoms with Gasteiger partial charge in [-0.15, -0.1) is 24.0 Å². The third-order valence-corrected chi connectivity index (χ3v) is 4.86. The van der Waals surface area contributed by atoms with E-state index in [1.165, 1.54) is 5.56 Å². The van der Waals surface area contributed by atoms with Gasteiger partial charge in [0.25, 0.3) is 0 Å². The SMILES string of the molecule is CN=C(NCc1ccnc(OC)c1)NCc1ccc(C)cc1OCC1CCOC1.I. The molecule has 0 bridgehead atoms. The van der Waals surface area contributed by atoms with Crippen molar-refractivity contribution in [2.24, 2.45) is 10.9 Å². The van der Waals surface area contributed by atoms with E-state index in [0.717, 1.165) is 42.5 Å². The molecule has 2 heterocycles. The second-order valence-corrected chi connectivity index (χ2v) is 7.14. The van der Waals surface area contributed by atoms with Crippen LogP contribution in [0.4, 0.5) is 0 Å². The van der Waals surface area contributed by atoms with Crippen molar-refractivity contribution in [1.29, 1.82) is 0 Å². The highest BCUT2D eigenvalue weighted by atomic mass is 127. The molecule has 0 radical (unpaired) electrons. The second kappa shape index (κ2) is 12.6. The van der Waals surface area contributed by atoms with Crippen LogP contribution in [0.3, 0.4) is 0 Å². The standard InChI is InChI=1S/C22H30N4O3.HI/c1-16-4-5-19(20(10-16)29-15-18-7-9-28-14-18)13-26-22(23-2)25-12-17-6-8-24-21(11-17)27-3;/h4-6,8,10-11,18H,7,9,12-15H2,1-3H3,(H2,23,25,26);1H. The lowest BCUT2D eigenvalue weighted by Gasteiger charge is -2.17. The number of rotatable bonds is 8. The van der Waals surface area contributed by atoms with Gasteiger partial charge in [0.1, 0.15) is 5.75 Å². The summed E-state index contributed by atoms with van der Waals surface area (Å²) >= 11 is 0. The first-order chi connectivity index (χ1) is 14.2. The van der Waals surface area contributed by atoms with E-state index >= 15 is 0 Å². The average molecular weight is 526 g/mol. The van der Waals surface area contributed by atoms with Crippen LogP contribution in [0.25, 0.3) is 0 Å². The topological polar surface area (TPSA) is 77.0 Å². The summed E-state index contributed by atoms with van der Waals surface area (Å²) in [5.41, 5.74) is 3.35. The molecule has 164 valence electrons. The highest BCUT2D eigenvalue weighted by Gasteiger charge is 2.17. The molecule has 0 saturated carbocycles. The number of halogens is 1. The molecule has 0 aliphatic carbocycles. The van der Waals surface area contributed by atoms with Crippen molar-refractivity contribution in [3.63, 3.8) is 0 Å². The van der Waals surface area contributed by atoms with Crippen molar-refractivity contribution in [1.82, 2.24) is 15.6 Å². The highest BCUT2D eigenvalue weighted by Crippen LogP contribution is 2.22. The van der Waals surface area contributed by atoms with Crippen LogP contribution in [0.15, 0.2) is 41.5 Å². The quantitative estimate of drug-likeness (QED) is 0.313. The summed E-state index contributed by atoms with van der Waals surface area (Å²) in [6, 6.07) is 10.1. The van der Waals surface area contributed by atoms with E-state index in [4.69, 9.17) is 14.2 Å². The van der Waals surface area contributed by atoms with Crippen LogP contribution in [-0.2, 0) is 17.8 Å². The Morgan fingerprint density at radius 1 is 1.23 bits per heavy atom. The highest BCUT2D eigenvalue weighted by molar-refractivity contribution is 14.0. The van der Waals surface area contributed by atoms with Crippen LogP contribution in [-0.4, -0.2) is 44.9 Å². The van der Waals surface area contributed by atoms with E-state index in [0.29, 0.717) is 31.5 Å². The van der Waals surface area contributed by atoms with E-state index in [2.05, 4.69) is 45.7 Å². The van der Waals surface area contributed by atoms with Gasteiger partial charge in [0.2, 0.25) is 5.88 Å². The maximum atomic E-state index is 6.12. The number of ether oxygens (including phenoxy) is 3. The lowest BCUT2D eigenvalue weighted by molar-refractivity contribution is 0.166.